The topological polar surface area (TPSA) is 25.2 Å². The van der Waals surface area contributed by atoms with Gasteiger partial charge in [-0.15, -0.1) is 6.58 Å². The predicted octanol–water partition coefficient (Wildman–Crippen LogP) is 5.59. The summed E-state index contributed by atoms with van der Waals surface area (Å²) in [6, 6.07) is 8.53. The number of hydrogen-bond acceptors (Lipinski definition) is 2. The largest absolute Gasteiger partial charge is 0.458 e. The minimum atomic E-state index is 0.256. The monoisotopic (exact) mass is 335 g/mol. The van der Waals surface area contributed by atoms with E-state index in [0.29, 0.717) is 0 Å². The first-order valence-corrected chi connectivity index (χ1v) is 7.96. The van der Waals surface area contributed by atoms with Gasteiger partial charge < -0.3 is 9.73 Å². The molecular formula is C17H22BrNO. The first kappa shape index (κ1) is 15.3. The normalized spacial score (nSPS) is 12.8. The molecule has 0 fully saturated rings. The number of benzene rings is 1. The van der Waals surface area contributed by atoms with Gasteiger partial charge in [0.15, 0.2) is 0 Å². The van der Waals surface area contributed by atoms with Crippen molar-refractivity contribution in [3.05, 3.63) is 46.7 Å². The molecule has 0 spiro atoms. The number of rotatable bonds is 7. The number of allylic oxidation sites excluding steroid dienone is 1. The van der Waals surface area contributed by atoms with Crippen LogP contribution < -0.4 is 5.32 Å². The molecule has 1 N–H and O–H groups in total. The first-order valence-electron chi connectivity index (χ1n) is 7.17. The maximum atomic E-state index is 6.05. The molecule has 3 heteroatoms. The van der Waals surface area contributed by atoms with Gasteiger partial charge in [-0.3, -0.25) is 0 Å². The van der Waals surface area contributed by atoms with Gasteiger partial charge in [0.05, 0.1) is 10.5 Å². The molecule has 2 aromatic rings. The van der Waals surface area contributed by atoms with Crippen molar-refractivity contribution in [2.45, 2.75) is 39.2 Å². The van der Waals surface area contributed by atoms with Crippen LogP contribution in [0.15, 0.2) is 45.3 Å². The number of furan rings is 1. The van der Waals surface area contributed by atoms with E-state index >= 15 is 0 Å². The number of hydrogen-bond donors (Lipinski definition) is 1. The number of halogens is 1. The summed E-state index contributed by atoms with van der Waals surface area (Å²) < 4.78 is 7.06. The average molecular weight is 336 g/mol. The van der Waals surface area contributed by atoms with Crippen molar-refractivity contribution in [1.29, 1.82) is 0 Å². The molecule has 0 radical (unpaired) electrons. The van der Waals surface area contributed by atoms with Crippen LogP contribution in [-0.2, 0) is 0 Å². The fourth-order valence-electron chi connectivity index (χ4n) is 2.27. The van der Waals surface area contributed by atoms with Crippen molar-refractivity contribution in [1.82, 2.24) is 5.32 Å². The van der Waals surface area contributed by atoms with Crippen LogP contribution in [-0.4, -0.2) is 6.54 Å². The van der Waals surface area contributed by atoms with Crippen molar-refractivity contribution < 1.29 is 4.42 Å². The van der Waals surface area contributed by atoms with Gasteiger partial charge in [-0.05, 0) is 60.8 Å². The van der Waals surface area contributed by atoms with Gasteiger partial charge in [0.1, 0.15) is 11.3 Å². The quantitative estimate of drug-likeness (QED) is 0.667. The molecule has 0 bridgehead atoms. The van der Waals surface area contributed by atoms with Crippen molar-refractivity contribution in [2.24, 2.45) is 0 Å². The summed E-state index contributed by atoms with van der Waals surface area (Å²) in [5.41, 5.74) is 2.15. The lowest BCUT2D eigenvalue weighted by Crippen LogP contribution is -2.21. The third-order valence-corrected chi connectivity index (χ3v) is 3.98. The van der Waals surface area contributed by atoms with Crippen LogP contribution in [0.3, 0.4) is 0 Å². The molecule has 0 aliphatic carbocycles. The van der Waals surface area contributed by atoms with E-state index in [1.807, 2.05) is 12.1 Å². The lowest BCUT2D eigenvalue weighted by molar-refractivity contribution is 0.410. The van der Waals surface area contributed by atoms with Crippen LogP contribution in [0, 0.1) is 0 Å². The molecule has 20 heavy (non-hydrogen) atoms. The Morgan fingerprint density at radius 2 is 2.25 bits per heavy atom. The van der Waals surface area contributed by atoms with Crippen LogP contribution in [0.4, 0.5) is 0 Å². The maximum Gasteiger partial charge on any atom is 0.148 e. The highest BCUT2D eigenvalue weighted by atomic mass is 79.9. The van der Waals surface area contributed by atoms with E-state index in [4.69, 9.17) is 4.42 Å². The van der Waals surface area contributed by atoms with Crippen LogP contribution >= 0.6 is 15.9 Å². The molecule has 1 unspecified atom stereocenters. The zero-order valence-electron chi connectivity index (χ0n) is 12.2. The zero-order valence-corrected chi connectivity index (χ0v) is 13.8. The molecule has 1 heterocycles. The lowest BCUT2D eigenvalue weighted by atomic mass is 10.0. The van der Waals surface area contributed by atoms with Crippen molar-refractivity contribution in [3.63, 3.8) is 0 Å². The van der Waals surface area contributed by atoms with Gasteiger partial charge in [-0.25, -0.2) is 0 Å². The molecule has 0 saturated heterocycles. The summed E-state index contributed by atoms with van der Waals surface area (Å²) in [4.78, 5) is 0. The smallest absolute Gasteiger partial charge is 0.148 e. The van der Waals surface area contributed by atoms with Crippen molar-refractivity contribution in [2.75, 3.05) is 6.54 Å². The highest BCUT2D eigenvalue weighted by Gasteiger charge is 2.16. The molecule has 1 aromatic heterocycles. The molecule has 0 amide bonds. The Balaban J connectivity index is 2.24. The van der Waals surface area contributed by atoms with Crippen LogP contribution in [0.1, 0.15) is 44.9 Å². The summed E-state index contributed by atoms with van der Waals surface area (Å²) in [6.07, 6.45) is 3.15. The molecule has 1 atom stereocenters. The van der Waals surface area contributed by atoms with Gasteiger partial charge in [0, 0.05) is 5.39 Å². The summed E-state index contributed by atoms with van der Waals surface area (Å²) in [5, 5.41) is 4.72. The van der Waals surface area contributed by atoms with Crippen molar-refractivity contribution in [3.8, 4) is 0 Å². The Hall–Kier alpha value is -1.06. The fourth-order valence-corrected chi connectivity index (χ4v) is 2.74. The number of para-hydroxylation sites is 1. The second-order valence-corrected chi connectivity index (χ2v) is 6.16. The molecule has 0 saturated carbocycles. The molecular weight excluding hydrogens is 314 g/mol. The molecule has 2 rings (SSSR count). The van der Waals surface area contributed by atoms with Gasteiger partial charge >= 0.3 is 0 Å². The minimum absolute atomic E-state index is 0.256. The van der Waals surface area contributed by atoms with E-state index in [2.05, 4.69) is 53.8 Å². The van der Waals surface area contributed by atoms with Crippen LogP contribution in [0.25, 0.3) is 11.0 Å². The lowest BCUT2D eigenvalue weighted by Gasteiger charge is -2.16. The standard InChI is InChI=1S/C17H22BrNO/c1-4-10-19-15(9-8-12(2)3)16-11-13-6-5-7-14(18)17(13)20-16/h5-7,11,15,19H,2,4,8-10H2,1,3H3. The van der Waals surface area contributed by atoms with Gasteiger partial charge in [0.2, 0.25) is 0 Å². The summed E-state index contributed by atoms with van der Waals surface area (Å²) in [7, 11) is 0. The Bertz CT molecular complexity index is 588. The highest BCUT2D eigenvalue weighted by molar-refractivity contribution is 9.10. The minimum Gasteiger partial charge on any atom is -0.458 e. The number of nitrogens with one attached hydrogen (secondary N) is 1. The van der Waals surface area contributed by atoms with E-state index < -0.39 is 0 Å². The fraction of sp³-hybridized carbons (Fsp3) is 0.412. The molecule has 0 aliphatic heterocycles. The second-order valence-electron chi connectivity index (χ2n) is 5.31. The first-order chi connectivity index (χ1) is 9.61. The average Bonchev–Trinajstić information content (AvgIpc) is 2.84. The van der Waals surface area contributed by atoms with Crippen LogP contribution in [0.2, 0.25) is 0 Å². The van der Waals surface area contributed by atoms with E-state index in [1.165, 1.54) is 5.57 Å². The van der Waals surface area contributed by atoms with Gasteiger partial charge in [-0.1, -0.05) is 24.6 Å². The molecule has 2 nitrogen and oxygen atoms in total. The van der Waals surface area contributed by atoms with E-state index in [-0.39, 0.29) is 6.04 Å². The Morgan fingerprint density at radius 3 is 2.90 bits per heavy atom. The van der Waals surface area contributed by atoms with E-state index in [9.17, 15) is 0 Å². The highest BCUT2D eigenvalue weighted by Crippen LogP contribution is 2.31. The third kappa shape index (κ3) is 3.74. The zero-order chi connectivity index (χ0) is 14.5. The van der Waals surface area contributed by atoms with Crippen LogP contribution in [0.5, 0.6) is 0 Å². The van der Waals surface area contributed by atoms with Crippen molar-refractivity contribution >= 4 is 26.9 Å². The van der Waals surface area contributed by atoms with E-state index in [0.717, 1.165) is 47.0 Å². The number of fused-ring (bicyclic) bond motifs is 1. The Labute approximate surface area is 129 Å². The summed E-state index contributed by atoms with van der Waals surface area (Å²) in [5.74, 6) is 1.02. The maximum absolute atomic E-state index is 6.05. The SMILES string of the molecule is C=C(C)CCC(NCCC)c1cc2cccc(Br)c2o1. The van der Waals surface area contributed by atoms with Gasteiger partial charge in [0.25, 0.3) is 0 Å². The third-order valence-electron chi connectivity index (χ3n) is 3.36. The summed E-state index contributed by atoms with van der Waals surface area (Å²) >= 11 is 3.55. The Morgan fingerprint density at radius 1 is 1.45 bits per heavy atom. The molecule has 1 aromatic carbocycles. The Kier molecular flexibility index (Phi) is 5.44. The second kappa shape index (κ2) is 7.09. The molecule has 108 valence electrons. The summed E-state index contributed by atoms with van der Waals surface area (Å²) in [6.45, 7) is 9.25. The molecule has 0 aliphatic rings. The predicted molar refractivity (Wildman–Crippen MR) is 89.0 cm³/mol. The van der Waals surface area contributed by atoms with Gasteiger partial charge in [-0.2, -0.15) is 0 Å². The van der Waals surface area contributed by atoms with E-state index in [1.54, 1.807) is 0 Å².